The molecule has 2 unspecified atom stereocenters. The molecule has 2 aromatic rings. The molecule has 0 radical (unpaired) electrons. The Bertz CT molecular complexity index is 720. The van der Waals surface area contributed by atoms with Crippen molar-refractivity contribution >= 4 is 5.91 Å². The van der Waals surface area contributed by atoms with Gasteiger partial charge in [-0.1, -0.05) is 24.3 Å². The first-order valence-electron chi connectivity index (χ1n) is 8.21. The van der Waals surface area contributed by atoms with Crippen LogP contribution in [0.5, 0.6) is 0 Å². The molecule has 0 saturated carbocycles. The van der Waals surface area contributed by atoms with Crippen molar-refractivity contribution in [3.63, 3.8) is 0 Å². The van der Waals surface area contributed by atoms with E-state index in [4.69, 9.17) is 9.15 Å². The Balaban J connectivity index is 1.59. The number of carbonyl (C=O) groups excluding carboxylic acids is 1. The highest BCUT2D eigenvalue weighted by molar-refractivity contribution is 5.76. The van der Waals surface area contributed by atoms with E-state index in [9.17, 15) is 9.90 Å². The molecule has 0 saturated heterocycles. The predicted molar refractivity (Wildman–Crippen MR) is 89.5 cm³/mol. The minimum absolute atomic E-state index is 0.0904. The molecule has 1 aliphatic rings. The fourth-order valence-corrected chi connectivity index (χ4v) is 2.97. The number of furan rings is 1. The monoisotopic (exact) mass is 329 g/mol. The molecular formula is C19H23NO4. The summed E-state index contributed by atoms with van der Waals surface area (Å²) in [5, 5.41) is 13.3. The van der Waals surface area contributed by atoms with Crippen molar-refractivity contribution in [1.82, 2.24) is 5.32 Å². The number of ether oxygens (including phenoxy) is 1. The van der Waals surface area contributed by atoms with Crippen LogP contribution in [0.25, 0.3) is 0 Å². The Labute approximate surface area is 141 Å². The van der Waals surface area contributed by atoms with Crippen molar-refractivity contribution in [2.24, 2.45) is 0 Å². The van der Waals surface area contributed by atoms with Crippen molar-refractivity contribution in [2.75, 3.05) is 13.2 Å². The van der Waals surface area contributed by atoms with Gasteiger partial charge in [0.2, 0.25) is 5.91 Å². The average molecular weight is 329 g/mol. The molecule has 1 aromatic heterocycles. The van der Waals surface area contributed by atoms with Gasteiger partial charge in [-0.15, -0.1) is 0 Å². The minimum atomic E-state index is -1.24. The number of aliphatic hydroxyl groups is 1. The van der Waals surface area contributed by atoms with Crippen LogP contribution in [0, 0.1) is 6.92 Å². The highest BCUT2D eigenvalue weighted by Gasteiger charge is 2.29. The standard InChI is InChI=1S/C19H23NO4/c1-13-7-8-17(24-13)19(2,22)12-20-18(21)11-16-15-6-4-3-5-14(15)9-10-23-16/h3-8,16,22H,9-12H2,1-2H3,(H,20,21). The summed E-state index contributed by atoms with van der Waals surface area (Å²) in [6.07, 6.45) is 0.885. The number of hydrogen-bond donors (Lipinski definition) is 2. The number of aryl methyl sites for hydroxylation is 1. The first kappa shape index (κ1) is 16.7. The van der Waals surface area contributed by atoms with Crippen LogP contribution in [0.15, 0.2) is 40.8 Å². The van der Waals surface area contributed by atoms with Gasteiger partial charge in [0.15, 0.2) is 0 Å². The van der Waals surface area contributed by atoms with Crippen molar-refractivity contribution in [1.29, 1.82) is 0 Å². The second-order valence-corrected chi connectivity index (χ2v) is 6.47. The lowest BCUT2D eigenvalue weighted by Crippen LogP contribution is -2.39. The Morgan fingerprint density at radius 2 is 2.12 bits per heavy atom. The van der Waals surface area contributed by atoms with Gasteiger partial charge >= 0.3 is 0 Å². The van der Waals surface area contributed by atoms with Crippen LogP contribution in [0.4, 0.5) is 0 Å². The molecule has 0 bridgehead atoms. The van der Waals surface area contributed by atoms with Gasteiger partial charge in [0.25, 0.3) is 0 Å². The van der Waals surface area contributed by atoms with E-state index in [2.05, 4.69) is 11.4 Å². The largest absolute Gasteiger partial charge is 0.463 e. The maximum absolute atomic E-state index is 12.3. The molecule has 1 aromatic carbocycles. The normalized spacial score (nSPS) is 19.4. The third-order valence-corrected chi connectivity index (χ3v) is 4.36. The third-order valence-electron chi connectivity index (χ3n) is 4.36. The summed E-state index contributed by atoms with van der Waals surface area (Å²) in [7, 11) is 0. The van der Waals surface area contributed by atoms with Gasteiger partial charge in [-0.2, -0.15) is 0 Å². The average Bonchev–Trinajstić information content (AvgIpc) is 3.01. The van der Waals surface area contributed by atoms with Crippen LogP contribution < -0.4 is 5.32 Å². The lowest BCUT2D eigenvalue weighted by molar-refractivity contribution is -0.125. The summed E-state index contributed by atoms with van der Waals surface area (Å²) < 4.78 is 11.2. The zero-order chi connectivity index (χ0) is 17.2. The van der Waals surface area contributed by atoms with Crippen LogP contribution in [0.3, 0.4) is 0 Å². The topological polar surface area (TPSA) is 71.7 Å². The summed E-state index contributed by atoms with van der Waals surface area (Å²) >= 11 is 0. The van der Waals surface area contributed by atoms with Crippen LogP contribution in [-0.4, -0.2) is 24.2 Å². The molecule has 0 fully saturated rings. The quantitative estimate of drug-likeness (QED) is 0.884. The number of fused-ring (bicyclic) bond motifs is 1. The van der Waals surface area contributed by atoms with Crippen LogP contribution in [0.2, 0.25) is 0 Å². The summed E-state index contributed by atoms with van der Waals surface area (Å²) in [5.41, 5.74) is 1.07. The number of carbonyl (C=O) groups is 1. The van der Waals surface area contributed by atoms with Gasteiger partial charge in [0.1, 0.15) is 17.1 Å². The van der Waals surface area contributed by atoms with Crippen molar-refractivity contribution in [3.8, 4) is 0 Å². The molecule has 1 amide bonds. The van der Waals surface area contributed by atoms with E-state index in [-0.39, 0.29) is 25.0 Å². The van der Waals surface area contributed by atoms with Gasteiger partial charge in [-0.05, 0) is 43.5 Å². The first-order chi connectivity index (χ1) is 11.5. The van der Waals surface area contributed by atoms with E-state index in [0.717, 1.165) is 17.7 Å². The Kier molecular flexibility index (Phi) is 4.73. The van der Waals surface area contributed by atoms with Crippen molar-refractivity contribution in [3.05, 3.63) is 59.0 Å². The van der Waals surface area contributed by atoms with E-state index in [1.54, 1.807) is 19.1 Å². The minimum Gasteiger partial charge on any atom is -0.463 e. The number of nitrogens with one attached hydrogen (secondary N) is 1. The van der Waals surface area contributed by atoms with E-state index in [0.29, 0.717) is 12.4 Å². The number of benzene rings is 1. The van der Waals surface area contributed by atoms with Gasteiger partial charge in [-0.25, -0.2) is 0 Å². The molecule has 2 atom stereocenters. The summed E-state index contributed by atoms with van der Waals surface area (Å²) in [5.74, 6) is 1.02. The van der Waals surface area contributed by atoms with E-state index >= 15 is 0 Å². The van der Waals surface area contributed by atoms with Crippen molar-refractivity contribution < 1.29 is 19.1 Å². The van der Waals surface area contributed by atoms with Crippen LogP contribution in [-0.2, 0) is 21.6 Å². The molecule has 1 aliphatic heterocycles. The molecule has 3 rings (SSSR count). The molecule has 128 valence electrons. The smallest absolute Gasteiger partial charge is 0.223 e. The highest BCUT2D eigenvalue weighted by atomic mass is 16.5. The predicted octanol–water partition coefficient (Wildman–Crippen LogP) is 2.62. The number of rotatable bonds is 5. The molecule has 5 heteroatoms. The zero-order valence-electron chi connectivity index (χ0n) is 14.0. The maximum atomic E-state index is 12.3. The third kappa shape index (κ3) is 3.68. The summed E-state index contributed by atoms with van der Waals surface area (Å²) in [6, 6.07) is 11.6. The summed E-state index contributed by atoms with van der Waals surface area (Å²) in [4.78, 5) is 12.3. The highest BCUT2D eigenvalue weighted by Crippen LogP contribution is 2.29. The Morgan fingerprint density at radius 1 is 1.33 bits per heavy atom. The van der Waals surface area contributed by atoms with E-state index in [1.807, 2.05) is 25.1 Å². The van der Waals surface area contributed by atoms with Gasteiger partial charge in [-0.3, -0.25) is 4.79 Å². The van der Waals surface area contributed by atoms with E-state index in [1.165, 1.54) is 5.56 Å². The lowest BCUT2D eigenvalue weighted by Gasteiger charge is -2.26. The maximum Gasteiger partial charge on any atom is 0.223 e. The van der Waals surface area contributed by atoms with Gasteiger partial charge < -0.3 is 19.6 Å². The zero-order valence-corrected chi connectivity index (χ0v) is 14.0. The van der Waals surface area contributed by atoms with Crippen LogP contribution >= 0.6 is 0 Å². The van der Waals surface area contributed by atoms with Gasteiger partial charge in [0.05, 0.1) is 25.7 Å². The second-order valence-electron chi connectivity index (χ2n) is 6.47. The molecular weight excluding hydrogens is 306 g/mol. The fourth-order valence-electron chi connectivity index (χ4n) is 2.97. The lowest BCUT2D eigenvalue weighted by atomic mass is 9.95. The molecule has 0 spiro atoms. The molecule has 2 heterocycles. The Hall–Kier alpha value is -2.11. The van der Waals surface area contributed by atoms with Crippen molar-refractivity contribution in [2.45, 2.75) is 38.4 Å². The second kappa shape index (κ2) is 6.79. The van der Waals surface area contributed by atoms with E-state index < -0.39 is 5.60 Å². The Morgan fingerprint density at radius 3 is 2.88 bits per heavy atom. The molecule has 24 heavy (non-hydrogen) atoms. The molecule has 2 N–H and O–H groups in total. The fraction of sp³-hybridized carbons (Fsp3) is 0.421. The summed E-state index contributed by atoms with van der Waals surface area (Å²) in [6.45, 7) is 4.15. The van der Waals surface area contributed by atoms with Gasteiger partial charge in [0, 0.05) is 0 Å². The first-order valence-corrected chi connectivity index (χ1v) is 8.21. The molecule has 5 nitrogen and oxygen atoms in total. The van der Waals surface area contributed by atoms with Crippen LogP contribution in [0.1, 0.15) is 42.1 Å². The SMILES string of the molecule is Cc1ccc(C(C)(O)CNC(=O)CC2OCCc3ccccc32)o1. The number of hydrogen-bond acceptors (Lipinski definition) is 4. The number of amides is 1. The molecule has 0 aliphatic carbocycles.